The molecule has 2 aromatic rings. The van der Waals surface area contributed by atoms with Gasteiger partial charge in [0.25, 0.3) is 5.69 Å². The second kappa shape index (κ2) is 2.52. The quantitative estimate of drug-likeness (QED) is 0.564. The lowest BCUT2D eigenvalue weighted by molar-refractivity contribution is 0.855. The highest BCUT2D eigenvalue weighted by molar-refractivity contribution is 5.70. The van der Waals surface area contributed by atoms with Crippen LogP contribution in [-0.2, 0) is 0 Å². The average molecular weight is 173 g/mol. The molecule has 0 fully saturated rings. The first kappa shape index (κ1) is 7.68. The van der Waals surface area contributed by atoms with Crippen LogP contribution in [0.5, 0.6) is 0 Å². The molecule has 0 unspecified atom stereocenters. The highest BCUT2D eigenvalue weighted by Crippen LogP contribution is 2.21. The SMILES string of the molecule is [C-]#[N+]c1c(C)nc(C)n2ncnc12. The molecule has 13 heavy (non-hydrogen) atoms. The van der Waals surface area contributed by atoms with Crippen LogP contribution in [0.1, 0.15) is 11.5 Å². The fourth-order valence-corrected chi connectivity index (χ4v) is 1.28. The van der Waals surface area contributed by atoms with Crippen molar-refractivity contribution >= 4 is 11.3 Å². The van der Waals surface area contributed by atoms with Gasteiger partial charge in [-0.15, -0.1) is 0 Å². The smallest absolute Gasteiger partial charge is 0.250 e. The standard InChI is InChI=1S/C8H7N5/c1-5-7(9-3)8-10-4-11-13(8)6(2)12-5/h4H,1-2H3. The molecule has 0 saturated heterocycles. The Balaban J connectivity index is 2.99. The van der Waals surface area contributed by atoms with Crippen molar-refractivity contribution < 1.29 is 0 Å². The third-order valence-electron chi connectivity index (χ3n) is 1.85. The normalized spacial score (nSPS) is 10.2. The number of aromatic nitrogens is 4. The summed E-state index contributed by atoms with van der Waals surface area (Å²) in [4.78, 5) is 11.6. The van der Waals surface area contributed by atoms with Crippen molar-refractivity contribution in [2.24, 2.45) is 0 Å². The predicted molar refractivity (Wildman–Crippen MR) is 46.5 cm³/mol. The zero-order valence-electron chi connectivity index (χ0n) is 7.31. The average Bonchev–Trinajstić information content (AvgIpc) is 2.53. The van der Waals surface area contributed by atoms with Crippen molar-refractivity contribution in [1.82, 2.24) is 19.6 Å². The van der Waals surface area contributed by atoms with Crippen LogP contribution in [0.2, 0.25) is 0 Å². The van der Waals surface area contributed by atoms with Gasteiger partial charge in [0.2, 0.25) is 0 Å². The molecule has 0 aliphatic rings. The lowest BCUT2D eigenvalue weighted by Crippen LogP contribution is -1.99. The van der Waals surface area contributed by atoms with Crippen molar-refractivity contribution in [3.8, 4) is 0 Å². The first-order valence-electron chi connectivity index (χ1n) is 3.78. The molecule has 0 N–H and O–H groups in total. The van der Waals surface area contributed by atoms with E-state index in [9.17, 15) is 0 Å². The van der Waals surface area contributed by atoms with E-state index in [1.807, 2.05) is 6.92 Å². The molecule has 64 valence electrons. The number of nitrogens with zero attached hydrogens (tertiary/aromatic N) is 5. The van der Waals surface area contributed by atoms with E-state index in [1.54, 1.807) is 11.4 Å². The van der Waals surface area contributed by atoms with Crippen LogP contribution >= 0.6 is 0 Å². The zero-order valence-corrected chi connectivity index (χ0v) is 7.31. The Morgan fingerprint density at radius 2 is 2.23 bits per heavy atom. The van der Waals surface area contributed by atoms with E-state index in [2.05, 4.69) is 19.9 Å². The first-order valence-corrected chi connectivity index (χ1v) is 3.78. The molecule has 5 nitrogen and oxygen atoms in total. The van der Waals surface area contributed by atoms with Crippen LogP contribution in [0.25, 0.3) is 10.5 Å². The molecule has 0 radical (unpaired) electrons. The number of fused-ring (bicyclic) bond motifs is 1. The molecule has 0 aliphatic carbocycles. The van der Waals surface area contributed by atoms with Crippen LogP contribution in [0, 0.1) is 20.4 Å². The summed E-state index contributed by atoms with van der Waals surface area (Å²) in [5.74, 6) is 0.748. The van der Waals surface area contributed by atoms with Crippen molar-refractivity contribution in [2.75, 3.05) is 0 Å². The molecule has 0 bridgehead atoms. The van der Waals surface area contributed by atoms with E-state index < -0.39 is 0 Å². The van der Waals surface area contributed by atoms with Gasteiger partial charge in [0, 0.05) is 0 Å². The van der Waals surface area contributed by atoms with Gasteiger partial charge in [-0.1, -0.05) is 0 Å². The van der Waals surface area contributed by atoms with Crippen molar-refractivity contribution in [3.63, 3.8) is 0 Å². The maximum Gasteiger partial charge on any atom is 0.251 e. The molecule has 0 saturated carbocycles. The molecule has 0 spiro atoms. The van der Waals surface area contributed by atoms with Crippen LogP contribution in [0.4, 0.5) is 5.69 Å². The number of rotatable bonds is 0. The largest absolute Gasteiger partial charge is 0.251 e. The second-order valence-corrected chi connectivity index (χ2v) is 2.70. The molecule has 5 heteroatoms. The minimum absolute atomic E-state index is 0.475. The van der Waals surface area contributed by atoms with Gasteiger partial charge in [-0.2, -0.15) is 5.10 Å². The zero-order chi connectivity index (χ0) is 9.42. The summed E-state index contributed by atoms with van der Waals surface area (Å²) in [5, 5.41) is 3.97. The Kier molecular flexibility index (Phi) is 1.49. The molecule has 2 heterocycles. The van der Waals surface area contributed by atoms with Gasteiger partial charge in [-0.05, 0) is 13.8 Å². The molecular formula is C8H7N5. The Morgan fingerprint density at radius 3 is 2.92 bits per heavy atom. The topological polar surface area (TPSA) is 47.4 Å². The van der Waals surface area contributed by atoms with Crippen LogP contribution in [0.3, 0.4) is 0 Å². The summed E-state index contributed by atoms with van der Waals surface area (Å²) in [6.45, 7) is 10.6. The number of hydrogen-bond acceptors (Lipinski definition) is 3. The highest BCUT2D eigenvalue weighted by atomic mass is 15.3. The molecule has 2 aromatic heterocycles. The first-order chi connectivity index (χ1) is 6.24. The summed E-state index contributed by atoms with van der Waals surface area (Å²) in [5.41, 5.74) is 1.76. The third-order valence-corrected chi connectivity index (χ3v) is 1.85. The van der Waals surface area contributed by atoms with E-state index in [0.717, 1.165) is 5.82 Å². The highest BCUT2D eigenvalue weighted by Gasteiger charge is 2.10. The maximum atomic E-state index is 6.98. The summed E-state index contributed by atoms with van der Waals surface area (Å²) in [7, 11) is 0. The van der Waals surface area contributed by atoms with Crippen molar-refractivity contribution in [3.05, 3.63) is 29.3 Å². The molecular weight excluding hydrogens is 166 g/mol. The lowest BCUT2D eigenvalue weighted by atomic mass is 10.3. The number of aryl methyl sites for hydroxylation is 2. The molecule has 0 aromatic carbocycles. The van der Waals surface area contributed by atoms with Crippen LogP contribution in [0.15, 0.2) is 6.33 Å². The van der Waals surface area contributed by atoms with E-state index in [0.29, 0.717) is 17.0 Å². The fraction of sp³-hybridized carbons (Fsp3) is 0.250. The minimum atomic E-state index is 0.475. The van der Waals surface area contributed by atoms with E-state index in [-0.39, 0.29) is 0 Å². The van der Waals surface area contributed by atoms with Gasteiger partial charge in [0.1, 0.15) is 12.2 Å². The maximum absolute atomic E-state index is 6.98. The van der Waals surface area contributed by atoms with Crippen molar-refractivity contribution in [1.29, 1.82) is 0 Å². The van der Waals surface area contributed by atoms with Gasteiger partial charge in [0.05, 0.1) is 12.3 Å². The monoisotopic (exact) mass is 173 g/mol. The summed E-state index contributed by atoms with van der Waals surface area (Å²) < 4.78 is 1.57. The van der Waals surface area contributed by atoms with Gasteiger partial charge < -0.3 is 0 Å². The minimum Gasteiger partial charge on any atom is -0.250 e. The second-order valence-electron chi connectivity index (χ2n) is 2.70. The third kappa shape index (κ3) is 0.957. The summed E-state index contributed by atoms with van der Waals surface area (Å²) in [6.07, 6.45) is 1.43. The van der Waals surface area contributed by atoms with Gasteiger partial charge in [-0.3, -0.25) is 0 Å². The Hall–Kier alpha value is -1.96. The Bertz CT molecular complexity index is 505. The van der Waals surface area contributed by atoms with E-state index in [1.165, 1.54) is 6.33 Å². The Morgan fingerprint density at radius 1 is 1.46 bits per heavy atom. The summed E-state index contributed by atoms with van der Waals surface area (Å²) in [6, 6.07) is 0. The number of hydrogen-bond donors (Lipinski definition) is 0. The Labute approximate surface area is 74.9 Å². The lowest BCUT2D eigenvalue weighted by Gasteiger charge is -2.01. The van der Waals surface area contributed by atoms with Crippen molar-refractivity contribution in [2.45, 2.75) is 13.8 Å². The van der Waals surface area contributed by atoms with Gasteiger partial charge >= 0.3 is 0 Å². The van der Waals surface area contributed by atoms with E-state index >= 15 is 0 Å². The van der Waals surface area contributed by atoms with Gasteiger partial charge in [-0.25, -0.2) is 19.3 Å². The molecule has 0 aliphatic heterocycles. The van der Waals surface area contributed by atoms with Crippen LogP contribution < -0.4 is 0 Å². The molecule has 2 rings (SSSR count). The van der Waals surface area contributed by atoms with Gasteiger partial charge in [0.15, 0.2) is 5.65 Å². The predicted octanol–water partition coefficient (Wildman–Crippen LogP) is 1.29. The summed E-state index contributed by atoms with van der Waals surface area (Å²) >= 11 is 0. The molecule has 0 amide bonds. The van der Waals surface area contributed by atoms with E-state index in [4.69, 9.17) is 6.57 Å². The van der Waals surface area contributed by atoms with Crippen LogP contribution in [-0.4, -0.2) is 19.6 Å². The fourth-order valence-electron chi connectivity index (χ4n) is 1.28. The molecule has 0 atom stereocenters.